The molecular formula is C27H21ClNO2PS. The zero-order chi connectivity index (χ0) is 22.8. The van der Waals surface area contributed by atoms with Crippen LogP contribution in [0.3, 0.4) is 0 Å². The molecular weight excluding hydrogens is 469 g/mol. The first-order valence-corrected chi connectivity index (χ1v) is 13.8. The van der Waals surface area contributed by atoms with Crippen LogP contribution in [0.4, 0.5) is 0 Å². The van der Waals surface area contributed by atoms with Crippen molar-refractivity contribution in [1.29, 1.82) is 0 Å². The van der Waals surface area contributed by atoms with Crippen molar-refractivity contribution in [3.8, 4) is 0 Å². The molecule has 0 saturated heterocycles. The Kier molecular flexibility index (Phi) is 6.18. The van der Waals surface area contributed by atoms with E-state index in [1.165, 1.54) is 0 Å². The molecule has 1 heterocycles. The van der Waals surface area contributed by atoms with Crippen LogP contribution in [0.2, 0.25) is 5.02 Å². The molecule has 0 saturated carbocycles. The van der Waals surface area contributed by atoms with E-state index in [0.29, 0.717) is 26.6 Å². The van der Waals surface area contributed by atoms with Gasteiger partial charge in [-0.2, -0.15) is 0 Å². The van der Waals surface area contributed by atoms with Gasteiger partial charge in [-0.1, -0.05) is 103 Å². The summed E-state index contributed by atoms with van der Waals surface area (Å²) in [6.07, 6.45) is 0. The lowest BCUT2D eigenvalue weighted by Crippen LogP contribution is -2.18. The van der Waals surface area contributed by atoms with Gasteiger partial charge in [-0.25, -0.2) is 4.36 Å². The third-order valence-corrected chi connectivity index (χ3v) is 10.7. The second-order valence-corrected chi connectivity index (χ2v) is 12.4. The van der Waals surface area contributed by atoms with Gasteiger partial charge < -0.3 is 9.67 Å². The summed E-state index contributed by atoms with van der Waals surface area (Å²) in [6.45, 7) is 0. The van der Waals surface area contributed by atoms with Crippen molar-refractivity contribution in [2.24, 2.45) is 4.36 Å². The van der Waals surface area contributed by atoms with Crippen molar-refractivity contribution in [2.45, 2.75) is 10.3 Å². The fourth-order valence-corrected chi connectivity index (χ4v) is 9.09. The van der Waals surface area contributed by atoms with E-state index < -0.39 is 23.3 Å². The minimum atomic E-state index is -3.36. The average Bonchev–Trinajstić information content (AvgIpc) is 3.23. The molecule has 3 nitrogen and oxygen atoms in total. The van der Waals surface area contributed by atoms with Gasteiger partial charge in [0.2, 0.25) is 0 Å². The quantitative estimate of drug-likeness (QED) is 0.338. The van der Waals surface area contributed by atoms with E-state index in [9.17, 15) is 5.11 Å². The van der Waals surface area contributed by atoms with Crippen LogP contribution in [0.5, 0.6) is 0 Å². The molecule has 1 N–H and O–H groups in total. The Labute approximate surface area is 200 Å². The van der Waals surface area contributed by atoms with Crippen LogP contribution in [0.15, 0.2) is 130 Å². The number of hydrogen-bond acceptors (Lipinski definition) is 3. The zero-order valence-electron chi connectivity index (χ0n) is 17.6. The van der Waals surface area contributed by atoms with Gasteiger partial charge in [0, 0.05) is 26.1 Å². The van der Waals surface area contributed by atoms with Crippen LogP contribution in [0.25, 0.3) is 5.57 Å². The Morgan fingerprint density at radius 3 is 1.73 bits per heavy atom. The number of halogens is 1. The van der Waals surface area contributed by atoms with E-state index in [-0.39, 0.29) is 0 Å². The summed E-state index contributed by atoms with van der Waals surface area (Å²) < 4.78 is 20.1. The normalized spacial score (nSPS) is 18.2. The number of aliphatic hydroxyl groups is 1. The van der Waals surface area contributed by atoms with Crippen molar-refractivity contribution >= 4 is 45.6 Å². The molecule has 2 unspecified atom stereocenters. The van der Waals surface area contributed by atoms with Crippen molar-refractivity contribution in [2.75, 3.05) is 0 Å². The van der Waals surface area contributed by atoms with E-state index in [0.717, 1.165) is 10.5 Å². The first-order chi connectivity index (χ1) is 16.1. The second-order valence-electron chi connectivity index (χ2n) is 7.60. The molecule has 2 atom stereocenters. The van der Waals surface area contributed by atoms with Crippen molar-refractivity contribution in [1.82, 2.24) is 0 Å². The Bertz CT molecular complexity index is 1350. The first kappa shape index (κ1) is 22.1. The average molecular weight is 490 g/mol. The molecule has 5 rings (SSSR count). The summed E-state index contributed by atoms with van der Waals surface area (Å²) >= 11 is 6.10. The Balaban J connectivity index is 1.81. The molecule has 0 aromatic heterocycles. The number of aliphatic hydroxyl groups excluding tert-OH is 1. The minimum Gasteiger partial charge on any atom is -0.377 e. The zero-order valence-corrected chi connectivity index (χ0v) is 20.0. The standard InChI is InChI=1S/C27H21ClNO2PS/c28-21-16-18-24(19-17-21)33-27(30)25(20-10-4-1-5-11-20)26(29-33)32(31,22-12-6-2-7-13-22)23-14-8-3-9-15-23/h1-19,27,30H. The van der Waals surface area contributed by atoms with Gasteiger partial charge in [0.15, 0.2) is 7.14 Å². The van der Waals surface area contributed by atoms with Gasteiger partial charge in [0.25, 0.3) is 0 Å². The molecule has 4 aromatic carbocycles. The molecule has 164 valence electrons. The van der Waals surface area contributed by atoms with Crippen molar-refractivity contribution < 1.29 is 9.67 Å². The molecule has 0 amide bonds. The van der Waals surface area contributed by atoms with Crippen LogP contribution in [0.1, 0.15) is 5.56 Å². The highest BCUT2D eigenvalue weighted by molar-refractivity contribution is 7.90. The highest BCUT2D eigenvalue weighted by Crippen LogP contribution is 2.58. The van der Waals surface area contributed by atoms with Crippen molar-refractivity contribution in [3.05, 3.63) is 131 Å². The molecule has 6 heteroatoms. The molecule has 0 spiro atoms. The molecule has 0 aliphatic carbocycles. The summed E-state index contributed by atoms with van der Waals surface area (Å²) in [5.74, 6) is 0. The van der Waals surface area contributed by atoms with E-state index in [4.69, 9.17) is 16.0 Å². The van der Waals surface area contributed by atoms with Crippen LogP contribution in [-0.2, 0) is 15.3 Å². The summed E-state index contributed by atoms with van der Waals surface area (Å²) in [6, 6.07) is 35.8. The van der Waals surface area contributed by atoms with Gasteiger partial charge in [0.05, 0.1) is 0 Å². The van der Waals surface area contributed by atoms with Crippen molar-refractivity contribution in [3.63, 3.8) is 0 Å². The molecule has 1 aliphatic rings. The topological polar surface area (TPSA) is 49.7 Å². The monoisotopic (exact) mass is 489 g/mol. The van der Waals surface area contributed by atoms with E-state index >= 15 is 4.57 Å². The van der Waals surface area contributed by atoms with E-state index in [1.54, 1.807) is 12.1 Å². The molecule has 0 fully saturated rings. The number of hydrogen-bond donors (Lipinski definition) is 1. The third-order valence-electron chi connectivity index (χ3n) is 5.56. The summed E-state index contributed by atoms with van der Waals surface area (Å²) in [7, 11) is -4.29. The fraction of sp³-hybridized carbons (Fsp3) is 0.0370. The molecule has 0 bridgehead atoms. The maximum absolute atomic E-state index is 15.1. The predicted molar refractivity (Wildman–Crippen MR) is 139 cm³/mol. The van der Waals surface area contributed by atoms with E-state index in [1.807, 2.05) is 103 Å². The lowest BCUT2D eigenvalue weighted by Gasteiger charge is -2.21. The highest BCUT2D eigenvalue weighted by atomic mass is 35.5. The molecule has 33 heavy (non-hydrogen) atoms. The highest BCUT2D eigenvalue weighted by Gasteiger charge is 2.41. The number of benzene rings is 4. The predicted octanol–water partition coefficient (Wildman–Crippen LogP) is 6.22. The molecule has 0 radical (unpaired) electrons. The molecule has 4 aromatic rings. The van der Waals surface area contributed by atoms with Crippen LogP contribution < -0.4 is 10.6 Å². The largest absolute Gasteiger partial charge is 0.377 e. The minimum absolute atomic E-state index is 0.455. The van der Waals surface area contributed by atoms with Crippen LogP contribution >= 0.6 is 18.7 Å². The number of rotatable bonds is 5. The van der Waals surface area contributed by atoms with Gasteiger partial charge in [-0.05, 0) is 40.5 Å². The van der Waals surface area contributed by atoms with Crippen LogP contribution in [-0.4, -0.2) is 10.5 Å². The summed E-state index contributed by atoms with van der Waals surface area (Å²) in [5.41, 5.74) is 0.978. The van der Waals surface area contributed by atoms with Gasteiger partial charge in [0.1, 0.15) is 10.9 Å². The Morgan fingerprint density at radius 1 is 0.727 bits per heavy atom. The smallest absolute Gasteiger partial charge is 0.189 e. The lowest BCUT2D eigenvalue weighted by molar-refractivity contribution is 0.317. The SMILES string of the molecule is O=P(C1=C(c2ccccc2)C(O)S(c2ccc(Cl)cc2)=N1)(c1ccccc1)c1ccccc1. The fourth-order valence-electron chi connectivity index (χ4n) is 3.96. The third kappa shape index (κ3) is 4.05. The van der Waals surface area contributed by atoms with Crippen LogP contribution in [0, 0.1) is 0 Å². The summed E-state index contributed by atoms with van der Waals surface area (Å²) in [4.78, 5) is 0.850. The Hall–Kier alpha value is -2.75. The van der Waals surface area contributed by atoms with Gasteiger partial charge in [-0.15, -0.1) is 0 Å². The summed E-state index contributed by atoms with van der Waals surface area (Å²) in [5, 5.41) is 13.6. The maximum atomic E-state index is 15.1. The van der Waals surface area contributed by atoms with Gasteiger partial charge in [-0.3, -0.25) is 0 Å². The number of nitrogens with zero attached hydrogens (tertiary/aromatic N) is 1. The lowest BCUT2D eigenvalue weighted by atomic mass is 10.1. The Morgan fingerprint density at radius 2 is 1.21 bits per heavy atom. The van der Waals surface area contributed by atoms with E-state index in [2.05, 4.69) is 0 Å². The van der Waals surface area contributed by atoms with Gasteiger partial charge >= 0.3 is 0 Å². The second kappa shape index (κ2) is 9.24. The maximum Gasteiger partial charge on any atom is 0.189 e. The first-order valence-electron chi connectivity index (χ1n) is 10.5. The molecule has 1 aliphatic heterocycles.